The first-order valence-electron chi connectivity index (χ1n) is 6.08. The minimum Gasteiger partial charge on any atom is -0.369 e. The number of hydrogen-bond donors (Lipinski definition) is 2. The Kier molecular flexibility index (Phi) is 4.58. The van der Waals surface area contributed by atoms with Crippen LogP contribution in [0.2, 0.25) is 0 Å². The van der Waals surface area contributed by atoms with E-state index in [2.05, 4.69) is 15.3 Å². The molecular weight excluding hydrogens is 240 g/mol. The largest absolute Gasteiger partial charge is 0.369 e. The van der Waals surface area contributed by atoms with E-state index in [0.29, 0.717) is 6.42 Å². The van der Waals surface area contributed by atoms with Gasteiger partial charge < -0.3 is 5.73 Å². The fraction of sp³-hybridized carbons (Fsp3) is 0.214. The molecule has 2 aromatic rings. The number of primary amides is 1. The lowest BCUT2D eigenvalue weighted by atomic mass is 10.1. The van der Waals surface area contributed by atoms with Gasteiger partial charge in [-0.2, -0.15) is 0 Å². The van der Waals surface area contributed by atoms with E-state index in [9.17, 15) is 4.79 Å². The molecule has 1 amide bonds. The van der Waals surface area contributed by atoms with Crippen LogP contribution >= 0.6 is 0 Å². The van der Waals surface area contributed by atoms with E-state index in [1.54, 1.807) is 12.4 Å². The van der Waals surface area contributed by atoms with Crippen LogP contribution in [0.1, 0.15) is 17.4 Å². The van der Waals surface area contributed by atoms with E-state index in [4.69, 9.17) is 5.73 Å². The molecule has 0 radical (unpaired) electrons. The molecule has 0 bridgehead atoms. The van der Waals surface area contributed by atoms with Gasteiger partial charge in [0.2, 0.25) is 5.91 Å². The smallest absolute Gasteiger partial charge is 0.231 e. The number of hydrogen-bond acceptors (Lipinski definition) is 4. The van der Waals surface area contributed by atoms with Crippen molar-refractivity contribution in [2.24, 2.45) is 5.73 Å². The van der Waals surface area contributed by atoms with Crippen LogP contribution < -0.4 is 11.1 Å². The van der Waals surface area contributed by atoms with Crippen LogP contribution in [0.15, 0.2) is 48.8 Å². The first kappa shape index (κ1) is 13.2. The van der Waals surface area contributed by atoms with E-state index in [0.717, 1.165) is 11.4 Å². The predicted octanol–water partition coefficient (Wildman–Crippen LogP) is 0.835. The van der Waals surface area contributed by atoms with Gasteiger partial charge in [-0.05, 0) is 24.3 Å². The van der Waals surface area contributed by atoms with Crippen molar-refractivity contribution in [2.45, 2.75) is 12.5 Å². The summed E-state index contributed by atoms with van der Waals surface area (Å²) in [6.07, 6.45) is 4.14. The van der Waals surface area contributed by atoms with Gasteiger partial charge in [-0.25, -0.2) is 0 Å². The maximum absolute atomic E-state index is 10.9. The Hall–Kier alpha value is -2.27. The predicted molar refractivity (Wildman–Crippen MR) is 72.1 cm³/mol. The lowest BCUT2D eigenvalue weighted by Gasteiger charge is -2.17. The average molecular weight is 256 g/mol. The monoisotopic (exact) mass is 256 g/mol. The Morgan fingerprint density at radius 1 is 1.16 bits per heavy atom. The lowest BCUT2D eigenvalue weighted by molar-refractivity contribution is -0.117. The molecule has 2 heterocycles. The van der Waals surface area contributed by atoms with Crippen LogP contribution in [0.5, 0.6) is 0 Å². The Labute approximate surface area is 111 Å². The molecule has 0 aliphatic rings. The third-order valence-corrected chi connectivity index (χ3v) is 2.71. The maximum Gasteiger partial charge on any atom is 0.231 e. The Bertz CT molecular complexity index is 515. The van der Waals surface area contributed by atoms with Gasteiger partial charge in [-0.3, -0.25) is 20.1 Å². The fourth-order valence-corrected chi connectivity index (χ4v) is 1.82. The van der Waals surface area contributed by atoms with Crippen LogP contribution in [0.3, 0.4) is 0 Å². The second-order valence-corrected chi connectivity index (χ2v) is 4.18. The second-order valence-electron chi connectivity index (χ2n) is 4.18. The number of carbonyl (C=O) groups excluding carboxylic acids is 1. The molecule has 0 fully saturated rings. The molecule has 0 aromatic carbocycles. The van der Waals surface area contributed by atoms with Gasteiger partial charge in [-0.15, -0.1) is 0 Å². The molecule has 19 heavy (non-hydrogen) atoms. The summed E-state index contributed by atoms with van der Waals surface area (Å²) >= 11 is 0. The molecule has 2 aromatic heterocycles. The molecule has 0 aliphatic carbocycles. The zero-order chi connectivity index (χ0) is 13.5. The topological polar surface area (TPSA) is 80.9 Å². The number of aromatic nitrogens is 2. The summed E-state index contributed by atoms with van der Waals surface area (Å²) in [4.78, 5) is 19.5. The van der Waals surface area contributed by atoms with Crippen LogP contribution in [0, 0.1) is 0 Å². The van der Waals surface area contributed by atoms with Crippen molar-refractivity contribution in [3.05, 3.63) is 60.2 Å². The highest BCUT2D eigenvalue weighted by molar-refractivity contribution is 5.75. The standard InChI is InChI=1S/C14H16N4O/c15-14(19)10-18-13(12-6-2-4-8-17-12)9-11-5-1-3-7-16-11/h1-8,13,18H,9-10H2,(H2,15,19). The van der Waals surface area contributed by atoms with Crippen LogP contribution in [0.4, 0.5) is 0 Å². The first-order valence-corrected chi connectivity index (χ1v) is 6.08. The molecule has 98 valence electrons. The minimum atomic E-state index is -0.387. The van der Waals surface area contributed by atoms with Crippen molar-refractivity contribution in [1.82, 2.24) is 15.3 Å². The quantitative estimate of drug-likeness (QED) is 0.802. The van der Waals surface area contributed by atoms with Crippen molar-refractivity contribution in [1.29, 1.82) is 0 Å². The highest BCUT2D eigenvalue weighted by Crippen LogP contribution is 2.14. The van der Waals surface area contributed by atoms with E-state index in [1.807, 2.05) is 36.4 Å². The van der Waals surface area contributed by atoms with Crippen molar-refractivity contribution >= 4 is 5.91 Å². The lowest BCUT2D eigenvalue weighted by Crippen LogP contribution is -2.33. The summed E-state index contributed by atoms with van der Waals surface area (Å²) in [5.74, 6) is -0.387. The van der Waals surface area contributed by atoms with Crippen molar-refractivity contribution in [3.8, 4) is 0 Å². The van der Waals surface area contributed by atoms with E-state index in [-0.39, 0.29) is 18.5 Å². The van der Waals surface area contributed by atoms with E-state index >= 15 is 0 Å². The average Bonchev–Trinajstić information content (AvgIpc) is 2.45. The zero-order valence-corrected chi connectivity index (χ0v) is 10.5. The molecule has 5 nitrogen and oxygen atoms in total. The van der Waals surface area contributed by atoms with Gasteiger partial charge in [0.25, 0.3) is 0 Å². The zero-order valence-electron chi connectivity index (χ0n) is 10.5. The first-order chi connectivity index (χ1) is 9.25. The van der Waals surface area contributed by atoms with Crippen molar-refractivity contribution < 1.29 is 4.79 Å². The molecule has 2 rings (SSSR count). The van der Waals surface area contributed by atoms with Gasteiger partial charge >= 0.3 is 0 Å². The third kappa shape index (κ3) is 4.15. The molecular formula is C14H16N4O. The molecule has 1 unspecified atom stereocenters. The van der Waals surface area contributed by atoms with Gasteiger partial charge in [-0.1, -0.05) is 12.1 Å². The van der Waals surface area contributed by atoms with Crippen LogP contribution in [-0.2, 0) is 11.2 Å². The summed E-state index contributed by atoms with van der Waals surface area (Å²) in [5.41, 5.74) is 6.98. The summed E-state index contributed by atoms with van der Waals surface area (Å²) in [6, 6.07) is 11.4. The molecule has 0 saturated carbocycles. The Morgan fingerprint density at radius 2 is 1.89 bits per heavy atom. The molecule has 3 N–H and O–H groups in total. The molecule has 0 spiro atoms. The van der Waals surface area contributed by atoms with Crippen molar-refractivity contribution in [2.75, 3.05) is 6.54 Å². The fourth-order valence-electron chi connectivity index (χ4n) is 1.82. The van der Waals surface area contributed by atoms with E-state index < -0.39 is 0 Å². The van der Waals surface area contributed by atoms with Crippen LogP contribution in [0.25, 0.3) is 0 Å². The second kappa shape index (κ2) is 6.61. The number of amides is 1. The number of carbonyl (C=O) groups is 1. The van der Waals surface area contributed by atoms with Gasteiger partial charge in [0.1, 0.15) is 0 Å². The minimum absolute atomic E-state index is 0.0800. The van der Waals surface area contributed by atoms with Gasteiger partial charge in [0.05, 0.1) is 18.3 Å². The molecule has 5 heteroatoms. The van der Waals surface area contributed by atoms with Crippen LogP contribution in [-0.4, -0.2) is 22.4 Å². The summed E-state index contributed by atoms with van der Waals surface area (Å²) in [5, 5.41) is 3.11. The third-order valence-electron chi connectivity index (χ3n) is 2.71. The molecule has 0 aliphatic heterocycles. The number of rotatable bonds is 6. The van der Waals surface area contributed by atoms with Crippen molar-refractivity contribution in [3.63, 3.8) is 0 Å². The highest BCUT2D eigenvalue weighted by atomic mass is 16.1. The SMILES string of the molecule is NC(=O)CNC(Cc1ccccn1)c1ccccn1. The van der Waals surface area contributed by atoms with Gasteiger partial charge in [0.15, 0.2) is 0 Å². The Balaban J connectivity index is 2.12. The molecule has 1 atom stereocenters. The molecule has 0 saturated heterocycles. The number of nitrogens with zero attached hydrogens (tertiary/aromatic N) is 2. The normalized spacial score (nSPS) is 12.0. The number of pyridine rings is 2. The summed E-state index contributed by atoms with van der Waals surface area (Å²) in [6.45, 7) is 0.119. The number of nitrogens with two attached hydrogens (primary N) is 1. The maximum atomic E-state index is 10.9. The summed E-state index contributed by atoms with van der Waals surface area (Å²) < 4.78 is 0. The van der Waals surface area contributed by atoms with Gasteiger partial charge in [0, 0.05) is 24.5 Å². The number of nitrogens with one attached hydrogen (secondary N) is 1. The Morgan fingerprint density at radius 3 is 2.47 bits per heavy atom. The highest BCUT2D eigenvalue weighted by Gasteiger charge is 2.14. The van der Waals surface area contributed by atoms with E-state index in [1.165, 1.54) is 0 Å². The summed E-state index contributed by atoms with van der Waals surface area (Å²) in [7, 11) is 0.